The molecule has 1 aliphatic rings. The molecule has 8 heteroatoms. The van der Waals surface area contributed by atoms with Gasteiger partial charge in [-0.05, 0) is 87.9 Å². The van der Waals surface area contributed by atoms with Crippen molar-refractivity contribution < 1.29 is 19.8 Å². The van der Waals surface area contributed by atoms with Gasteiger partial charge in [-0.3, -0.25) is 4.79 Å². The van der Waals surface area contributed by atoms with E-state index < -0.39 is 17.9 Å². The Morgan fingerprint density at radius 1 is 1.00 bits per heavy atom. The van der Waals surface area contributed by atoms with E-state index in [4.69, 9.17) is 10.1 Å². The fourth-order valence-electron chi connectivity index (χ4n) is 4.76. The molecule has 0 fully saturated rings. The summed E-state index contributed by atoms with van der Waals surface area (Å²) < 4.78 is 0. The molecule has 8 nitrogen and oxygen atoms in total. The molecule has 1 aliphatic heterocycles. The van der Waals surface area contributed by atoms with Crippen molar-refractivity contribution in [3.63, 3.8) is 0 Å². The molecular weight excluding hydrogens is 516 g/mol. The number of aromatic hydroxyl groups is 1. The van der Waals surface area contributed by atoms with E-state index in [0.29, 0.717) is 18.7 Å². The molecular formula is C33H44N4O4. The summed E-state index contributed by atoms with van der Waals surface area (Å²) in [5.41, 5.74) is 3.31. The number of phenols is 1. The topological polar surface area (TPSA) is 115 Å². The molecule has 2 heterocycles. The Bertz CT molecular complexity index is 1210. The van der Waals surface area contributed by atoms with Crippen molar-refractivity contribution in [1.82, 2.24) is 15.2 Å². The van der Waals surface area contributed by atoms with Crippen LogP contribution in [0.3, 0.4) is 0 Å². The van der Waals surface area contributed by atoms with Crippen molar-refractivity contribution >= 4 is 17.7 Å². The average Bonchev–Trinajstić information content (AvgIpc) is 3.00. The van der Waals surface area contributed by atoms with Crippen LogP contribution in [0.1, 0.15) is 62.3 Å². The number of carboxylic acid groups (broad SMARTS) is 1. The van der Waals surface area contributed by atoms with Crippen LogP contribution >= 0.6 is 0 Å². The molecule has 0 saturated carbocycles. The van der Waals surface area contributed by atoms with E-state index in [9.17, 15) is 14.7 Å². The number of unbranched alkanes of at least 4 members (excludes halogenated alkanes) is 1. The Hall–Kier alpha value is -3.91. The molecule has 1 aromatic heterocycles. The van der Waals surface area contributed by atoms with Crippen molar-refractivity contribution in [2.75, 3.05) is 31.5 Å². The van der Waals surface area contributed by atoms with E-state index in [1.807, 2.05) is 36.4 Å². The highest BCUT2D eigenvalue weighted by molar-refractivity contribution is 5.87. The van der Waals surface area contributed by atoms with Gasteiger partial charge in [0.05, 0.1) is 5.92 Å². The first kappa shape index (κ1) is 31.6. The van der Waals surface area contributed by atoms with Gasteiger partial charge in [0.15, 0.2) is 0 Å². The van der Waals surface area contributed by atoms with Crippen LogP contribution in [0.5, 0.6) is 5.75 Å². The first-order valence-corrected chi connectivity index (χ1v) is 14.6. The monoisotopic (exact) mass is 560 g/mol. The van der Waals surface area contributed by atoms with Gasteiger partial charge in [0.25, 0.3) is 0 Å². The summed E-state index contributed by atoms with van der Waals surface area (Å²) in [5.74, 6) is -0.270. The maximum atomic E-state index is 12.6. The summed E-state index contributed by atoms with van der Waals surface area (Å²) in [6, 6.07) is 21.6. The Balaban J connectivity index is 0.000000575. The summed E-state index contributed by atoms with van der Waals surface area (Å²) in [5, 5.41) is 24.4. The van der Waals surface area contributed by atoms with Crippen LogP contribution in [-0.2, 0) is 22.4 Å². The van der Waals surface area contributed by atoms with Gasteiger partial charge in [0.1, 0.15) is 17.6 Å². The van der Waals surface area contributed by atoms with Crippen molar-refractivity contribution in [3.8, 4) is 5.75 Å². The molecule has 2 atom stereocenters. The Labute approximate surface area is 243 Å². The average molecular weight is 561 g/mol. The normalized spacial score (nSPS) is 13.6. The number of amides is 1. The standard InChI is InChI=1S/C27H38N4O3.C6H6O/c1-3-31(18-8-7-13-23-15-14-22-12-9-17-28-25(22)29-23)19-16-24(27(33)34)30-26(32)20(2)21-10-5-4-6-11-21;7-6-4-2-1-3-5-6/h4-6,10-11,14-15,20,24H,3,7-9,12-13,16-19H2,1-2H3,(H,28,29)(H,30,32)(H,33,34);1-5,7H. The maximum Gasteiger partial charge on any atom is 0.326 e. The highest BCUT2D eigenvalue weighted by Crippen LogP contribution is 2.20. The number of pyridine rings is 1. The molecule has 2 unspecified atom stereocenters. The third-order valence-electron chi connectivity index (χ3n) is 7.35. The van der Waals surface area contributed by atoms with Crippen molar-refractivity contribution in [2.24, 2.45) is 0 Å². The van der Waals surface area contributed by atoms with Crippen molar-refractivity contribution in [3.05, 3.63) is 89.6 Å². The Morgan fingerprint density at radius 3 is 2.34 bits per heavy atom. The molecule has 0 radical (unpaired) electrons. The van der Waals surface area contributed by atoms with Gasteiger partial charge < -0.3 is 25.7 Å². The summed E-state index contributed by atoms with van der Waals surface area (Å²) in [6.45, 7) is 7.27. The van der Waals surface area contributed by atoms with E-state index in [1.165, 1.54) is 12.0 Å². The highest BCUT2D eigenvalue weighted by atomic mass is 16.4. The van der Waals surface area contributed by atoms with Crippen LogP contribution in [-0.4, -0.2) is 64.2 Å². The van der Waals surface area contributed by atoms with Crippen LogP contribution in [0.4, 0.5) is 5.82 Å². The molecule has 3 aromatic rings. The number of phenolic OH excluding ortho intramolecular Hbond substituents is 1. The van der Waals surface area contributed by atoms with Crippen LogP contribution in [0.25, 0.3) is 0 Å². The third kappa shape index (κ3) is 10.9. The van der Waals surface area contributed by atoms with E-state index >= 15 is 0 Å². The van der Waals surface area contributed by atoms with Gasteiger partial charge in [-0.2, -0.15) is 0 Å². The minimum absolute atomic E-state index is 0.256. The first-order valence-electron chi connectivity index (χ1n) is 14.6. The van der Waals surface area contributed by atoms with Gasteiger partial charge in [-0.25, -0.2) is 9.78 Å². The summed E-state index contributed by atoms with van der Waals surface area (Å²) in [4.78, 5) is 31.4. The zero-order valence-corrected chi connectivity index (χ0v) is 24.3. The lowest BCUT2D eigenvalue weighted by Crippen LogP contribution is -2.44. The molecule has 41 heavy (non-hydrogen) atoms. The lowest BCUT2D eigenvalue weighted by molar-refractivity contribution is -0.142. The second-order valence-corrected chi connectivity index (χ2v) is 10.4. The molecule has 220 valence electrons. The smallest absolute Gasteiger partial charge is 0.326 e. The molecule has 4 rings (SSSR count). The number of rotatable bonds is 13. The van der Waals surface area contributed by atoms with Gasteiger partial charge in [0, 0.05) is 18.8 Å². The zero-order valence-electron chi connectivity index (χ0n) is 24.3. The summed E-state index contributed by atoms with van der Waals surface area (Å²) in [7, 11) is 0. The number of fused-ring (bicyclic) bond motifs is 1. The second-order valence-electron chi connectivity index (χ2n) is 10.4. The number of carbonyl (C=O) groups excluding carboxylic acids is 1. The van der Waals surface area contributed by atoms with Crippen molar-refractivity contribution in [2.45, 2.75) is 64.3 Å². The lowest BCUT2D eigenvalue weighted by Gasteiger charge is -2.24. The number of aromatic nitrogens is 1. The number of nitrogens with zero attached hydrogens (tertiary/aromatic N) is 2. The minimum Gasteiger partial charge on any atom is -0.508 e. The number of benzene rings is 2. The predicted octanol–water partition coefficient (Wildman–Crippen LogP) is 5.24. The van der Waals surface area contributed by atoms with Crippen LogP contribution < -0.4 is 10.6 Å². The number of carboxylic acids is 1. The molecule has 0 bridgehead atoms. The van der Waals surface area contributed by atoms with E-state index in [0.717, 1.165) is 62.4 Å². The van der Waals surface area contributed by atoms with Crippen molar-refractivity contribution in [1.29, 1.82) is 0 Å². The van der Waals surface area contributed by atoms with E-state index in [1.54, 1.807) is 31.2 Å². The van der Waals surface area contributed by atoms with Crippen LogP contribution in [0.15, 0.2) is 72.8 Å². The number of hydrogen-bond donors (Lipinski definition) is 4. The second kappa shape index (κ2) is 17.0. The fourth-order valence-corrected chi connectivity index (χ4v) is 4.76. The van der Waals surface area contributed by atoms with E-state index in [-0.39, 0.29) is 5.91 Å². The third-order valence-corrected chi connectivity index (χ3v) is 7.35. The van der Waals surface area contributed by atoms with Gasteiger partial charge in [-0.15, -0.1) is 0 Å². The first-order chi connectivity index (χ1) is 19.9. The SMILES string of the molecule is CCN(CCCCc1ccc2c(n1)NCCC2)CCC(NC(=O)C(C)c1ccccc1)C(=O)O.Oc1ccccc1. The number of para-hydroxylation sites is 1. The van der Waals surface area contributed by atoms with Gasteiger partial charge in [-0.1, -0.05) is 61.5 Å². The highest BCUT2D eigenvalue weighted by Gasteiger charge is 2.24. The number of aryl methyl sites for hydroxylation is 2. The zero-order chi connectivity index (χ0) is 29.5. The number of hydrogen-bond acceptors (Lipinski definition) is 6. The predicted molar refractivity (Wildman–Crippen MR) is 163 cm³/mol. The minimum atomic E-state index is -0.989. The maximum absolute atomic E-state index is 12.6. The van der Waals surface area contributed by atoms with Gasteiger partial charge in [0.2, 0.25) is 5.91 Å². The quantitative estimate of drug-likeness (QED) is 0.211. The number of carbonyl (C=O) groups is 2. The number of anilines is 1. The number of aliphatic carboxylic acids is 1. The molecule has 0 spiro atoms. The van der Waals surface area contributed by atoms with E-state index in [2.05, 4.69) is 34.6 Å². The van der Waals surface area contributed by atoms with Gasteiger partial charge >= 0.3 is 5.97 Å². The van der Waals surface area contributed by atoms with Crippen LogP contribution in [0, 0.1) is 0 Å². The Morgan fingerprint density at radius 2 is 1.71 bits per heavy atom. The summed E-state index contributed by atoms with van der Waals surface area (Å²) >= 11 is 0. The Kier molecular flexibility index (Phi) is 13.1. The molecule has 4 N–H and O–H groups in total. The molecule has 2 aromatic carbocycles. The molecule has 1 amide bonds. The largest absolute Gasteiger partial charge is 0.508 e. The van der Waals surface area contributed by atoms with Crippen LogP contribution in [0.2, 0.25) is 0 Å². The molecule has 0 aliphatic carbocycles. The lowest BCUT2D eigenvalue weighted by atomic mass is 10.00. The number of nitrogens with one attached hydrogen (secondary N) is 2. The summed E-state index contributed by atoms with van der Waals surface area (Å²) in [6.07, 6.45) is 5.65. The molecule has 0 saturated heterocycles. The fraction of sp³-hybridized carbons (Fsp3) is 0.424.